The van der Waals surface area contributed by atoms with E-state index in [-0.39, 0.29) is 0 Å². The number of ether oxygens (including phenoxy) is 2. The average Bonchev–Trinajstić information content (AvgIpc) is 2.53. The van der Waals surface area contributed by atoms with E-state index in [1.807, 2.05) is 6.92 Å². The highest BCUT2D eigenvalue weighted by Gasteiger charge is 2.54. The van der Waals surface area contributed by atoms with Gasteiger partial charge in [0.25, 0.3) is 3.79 Å². The van der Waals surface area contributed by atoms with E-state index in [0.29, 0.717) is 0 Å². The maximum atomic E-state index is 11.7. The maximum absolute atomic E-state index is 11.7. The van der Waals surface area contributed by atoms with Crippen LogP contribution in [0.25, 0.3) is 0 Å². The fourth-order valence-electron chi connectivity index (χ4n) is 3.40. The molecule has 10 heteroatoms. The van der Waals surface area contributed by atoms with E-state index in [9.17, 15) is 25.2 Å². The van der Waals surface area contributed by atoms with Crippen molar-refractivity contribution in [3.05, 3.63) is 0 Å². The number of aliphatic hydroxyl groups is 4. The van der Waals surface area contributed by atoms with Gasteiger partial charge in [-0.1, -0.05) is 54.1 Å². The zero-order valence-corrected chi connectivity index (χ0v) is 15.9. The van der Waals surface area contributed by atoms with Gasteiger partial charge in [0.1, 0.15) is 30.5 Å². The molecule has 0 bridgehead atoms. The predicted octanol–water partition coefficient (Wildman–Crippen LogP) is 0.834. The number of aliphatic hydroxyl groups excluding tert-OH is 4. The van der Waals surface area contributed by atoms with Gasteiger partial charge in [-0.3, -0.25) is 0 Å². The monoisotopic (exact) mass is 420 g/mol. The van der Waals surface area contributed by atoms with Crippen molar-refractivity contribution in [1.29, 1.82) is 0 Å². The third kappa shape index (κ3) is 4.90. The molecule has 6 unspecified atom stereocenters. The number of esters is 1. The number of carbonyl (C=O) groups excluding carboxylic acids is 1. The van der Waals surface area contributed by atoms with Crippen LogP contribution in [0.15, 0.2) is 0 Å². The molecule has 2 rings (SSSR count). The molecule has 0 spiro atoms. The van der Waals surface area contributed by atoms with Crippen molar-refractivity contribution in [1.82, 2.24) is 0 Å². The van der Waals surface area contributed by atoms with Crippen molar-refractivity contribution < 1.29 is 34.7 Å². The summed E-state index contributed by atoms with van der Waals surface area (Å²) in [4.78, 5) is 11.7. The SMILES string of the molecule is CC1(OC2C(O)C(O)C(O)C(OC(=O)C(Cl)(Cl)Cl)C2O)CCCCC1. The number of hydrogen-bond acceptors (Lipinski definition) is 7. The predicted molar refractivity (Wildman–Crippen MR) is 90.6 cm³/mol. The van der Waals surface area contributed by atoms with E-state index < -0.39 is 52.0 Å². The van der Waals surface area contributed by atoms with Crippen LogP contribution in [0.5, 0.6) is 0 Å². The van der Waals surface area contributed by atoms with Crippen LogP contribution in [0.4, 0.5) is 0 Å². The standard InChI is InChI=1S/C15H23Cl3O7/c1-14(5-3-2-4-6-14)25-12-9(21)7(19)8(20)11(10(12)22)24-13(23)15(16,17)18/h7-12,19-22H,2-6H2,1H3. The quantitative estimate of drug-likeness (QED) is 0.394. The lowest BCUT2D eigenvalue weighted by molar-refractivity contribution is -0.266. The molecular formula is C15H23Cl3O7. The van der Waals surface area contributed by atoms with Gasteiger partial charge < -0.3 is 29.9 Å². The smallest absolute Gasteiger partial charge is 0.359 e. The topological polar surface area (TPSA) is 116 Å². The van der Waals surface area contributed by atoms with Gasteiger partial charge in [0.2, 0.25) is 0 Å². The maximum Gasteiger partial charge on any atom is 0.359 e. The van der Waals surface area contributed by atoms with E-state index in [2.05, 4.69) is 0 Å². The molecule has 2 aliphatic carbocycles. The lowest BCUT2D eigenvalue weighted by Gasteiger charge is -2.47. The van der Waals surface area contributed by atoms with Crippen molar-refractivity contribution in [3.63, 3.8) is 0 Å². The Morgan fingerprint density at radius 2 is 1.44 bits per heavy atom. The van der Waals surface area contributed by atoms with Crippen LogP contribution in [0, 0.1) is 0 Å². The molecule has 0 heterocycles. The van der Waals surface area contributed by atoms with Gasteiger partial charge >= 0.3 is 5.97 Å². The summed E-state index contributed by atoms with van der Waals surface area (Å²) in [5.41, 5.74) is -0.601. The Labute approximate surface area is 160 Å². The number of carbonyl (C=O) groups is 1. The van der Waals surface area contributed by atoms with E-state index >= 15 is 0 Å². The lowest BCUT2D eigenvalue weighted by atomic mass is 9.82. The number of hydrogen-bond donors (Lipinski definition) is 4. The number of alkyl halides is 3. The van der Waals surface area contributed by atoms with Crippen LogP contribution in [0.1, 0.15) is 39.0 Å². The Balaban J connectivity index is 2.17. The van der Waals surface area contributed by atoms with Crippen LogP contribution in [-0.2, 0) is 14.3 Å². The summed E-state index contributed by atoms with van der Waals surface area (Å²) in [6, 6.07) is 0. The van der Waals surface area contributed by atoms with Crippen molar-refractivity contribution >= 4 is 40.8 Å². The second-order valence-corrected chi connectivity index (χ2v) is 9.20. The summed E-state index contributed by atoms with van der Waals surface area (Å²) in [5.74, 6) is -1.31. The van der Waals surface area contributed by atoms with Crippen LogP contribution >= 0.6 is 34.8 Å². The Morgan fingerprint density at radius 1 is 0.920 bits per heavy atom. The molecular weight excluding hydrogens is 399 g/mol. The minimum atomic E-state index is -2.41. The third-order valence-corrected chi connectivity index (χ3v) is 5.32. The zero-order valence-electron chi connectivity index (χ0n) is 13.6. The molecule has 6 atom stereocenters. The van der Waals surface area contributed by atoms with Gasteiger partial charge in [-0.05, 0) is 19.8 Å². The first-order valence-electron chi connectivity index (χ1n) is 8.14. The first-order valence-corrected chi connectivity index (χ1v) is 9.27. The Bertz CT molecular complexity index is 478. The first-order chi connectivity index (χ1) is 11.5. The molecule has 0 amide bonds. The Morgan fingerprint density at radius 3 is 1.96 bits per heavy atom. The molecule has 2 fully saturated rings. The van der Waals surface area contributed by atoms with E-state index in [0.717, 1.165) is 32.1 Å². The summed E-state index contributed by atoms with van der Waals surface area (Å²) in [6.45, 7) is 1.85. The molecule has 146 valence electrons. The van der Waals surface area contributed by atoms with E-state index in [1.165, 1.54) is 0 Å². The Kier molecular flexibility index (Phi) is 6.88. The lowest BCUT2D eigenvalue weighted by Crippen LogP contribution is -2.66. The van der Waals surface area contributed by atoms with Crippen molar-refractivity contribution in [2.45, 2.75) is 85.0 Å². The summed E-state index contributed by atoms with van der Waals surface area (Å²) >= 11 is 16.3. The summed E-state index contributed by atoms with van der Waals surface area (Å²) in [7, 11) is 0. The fourth-order valence-corrected chi connectivity index (χ4v) is 3.53. The molecule has 0 aliphatic heterocycles. The van der Waals surface area contributed by atoms with E-state index in [4.69, 9.17) is 44.3 Å². The Hall–Kier alpha value is 0.140. The molecule has 4 N–H and O–H groups in total. The van der Waals surface area contributed by atoms with Gasteiger partial charge in [0, 0.05) is 0 Å². The minimum absolute atomic E-state index is 0.601. The summed E-state index contributed by atoms with van der Waals surface area (Å²) in [6.07, 6.45) is -5.13. The number of rotatable bonds is 3. The fraction of sp³-hybridized carbons (Fsp3) is 0.933. The normalized spacial score (nSPS) is 39.0. The molecule has 2 aliphatic rings. The molecule has 0 saturated heterocycles. The van der Waals surface area contributed by atoms with Gasteiger partial charge in [-0.2, -0.15) is 0 Å². The van der Waals surface area contributed by atoms with Gasteiger partial charge in [-0.25, -0.2) is 4.79 Å². The molecule has 25 heavy (non-hydrogen) atoms. The summed E-state index contributed by atoms with van der Waals surface area (Å²) in [5, 5.41) is 40.8. The number of halogens is 3. The second-order valence-electron chi connectivity index (χ2n) is 6.92. The molecule has 7 nitrogen and oxygen atoms in total. The van der Waals surface area contributed by atoms with Crippen LogP contribution < -0.4 is 0 Å². The highest BCUT2D eigenvalue weighted by Crippen LogP contribution is 2.37. The zero-order chi connectivity index (χ0) is 19.0. The summed E-state index contributed by atoms with van der Waals surface area (Å²) < 4.78 is 8.35. The molecule has 0 aromatic carbocycles. The van der Waals surface area contributed by atoms with Crippen molar-refractivity contribution in [3.8, 4) is 0 Å². The second kappa shape index (κ2) is 8.02. The van der Waals surface area contributed by atoms with Crippen LogP contribution in [0.3, 0.4) is 0 Å². The highest BCUT2D eigenvalue weighted by atomic mass is 35.6. The molecule has 2 saturated carbocycles. The van der Waals surface area contributed by atoms with Crippen molar-refractivity contribution in [2.75, 3.05) is 0 Å². The van der Waals surface area contributed by atoms with Gasteiger partial charge in [0.05, 0.1) is 5.60 Å². The largest absolute Gasteiger partial charge is 0.453 e. The van der Waals surface area contributed by atoms with Crippen LogP contribution in [-0.4, -0.2) is 72.4 Å². The third-order valence-electron chi connectivity index (χ3n) is 4.85. The molecule has 0 radical (unpaired) electrons. The highest BCUT2D eigenvalue weighted by molar-refractivity contribution is 6.75. The van der Waals surface area contributed by atoms with Gasteiger partial charge in [-0.15, -0.1) is 0 Å². The van der Waals surface area contributed by atoms with Crippen molar-refractivity contribution in [2.24, 2.45) is 0 Å². The molecule has 0 aromatic heterocycles. The van der Waals surface area contributed by atoms with Gasteiger partial charge in [0.15, 0.2) is 6.10 Å². The van der Waals surface area contributed by atoms with Crippen LogP contribution in [0.2, 0.25) is 0 Å². The first kappa shape index (κ1) is 21.4. The minimum Gasteiger partial charge on any atom is -0.453 e. The molecule has 0 aromatic rings. The average molecular weight is 422 g/mol. The van der Waals surface area contributed by atoms with E-state index in [1.54, 1.807) is 0 Å².